The van der Waals surface area contributed by atoms with E-state index in [-0.39, 0.29) is 5.75 Å². The van der Waals surface area contributed by atoms with E-state index in [4.69, 9.17) is 16.6 Å². The third-order valence-corrected chi connectivity index (χ3v) is 3.48. The van der Waals surface area contributed by atoms with E-state index in [0.29, 0.717) is 0 Å². The first-order valence-electron chi connectivity index (χ1n) is 7.43. The molecule has 26 heavy (non-hydrogen) atoms. The van der Waals surface area contributed by atoms with Crippen molar-refractivity contribution in [2.24, 2.45) is 11.5 Å². The number of aliphatic carboxylic acids is 1. The van der Waals surface area contributed by atoms with Gasteiger partial charge in [-0.1, -0.05) is 0 Å². The lowest BCUT2D eigenvalue weighted by molar-refractivity contribution is -0.142. The number of rotatable bonds is 11. The van der Waals surface area contributed by atoms with Crippen molar-refractivity contribution < 1.29 is 34.2 Å². The molecule has 4 amide bonds. The molecule has 0 rings (SSSR count). The highest BCUT2D eigenvalue weighted by atomic mass is 32.1. The van der Waals surface area contributed by atoms with Crippen molar-refractivity contribution in [3.63, 3.8) is 0 Å². The van der Waals surface area contributed by atoms with Crippen LogP contribution in [0.3, 0.4) is 0 Å². The quantitative estimate of drug-likeness (QED) is 0.160. The summed E-state index contributed by atoms with van der Waals surface area (Å²) >= 11 is 3.91. The Bertz CT molecular complexity index is 559. The smallest absolute Gasteiger partial charge is 0.325 e. The minimum atomic E-state index is -1.44. The van der Waals surface area contributed by atoms with Crippen molar-refractivity contribution in [2.75, 3.05) is 12.4 Å². The molecule has 0 aromatic rings. The Morgan fingerprint density at radius 1 is 1.00 bits per heavy atom. The van der Waals surface area contributed by atoms with E-state index in [1.54, 1.807) is 0 Å². The summed E-state index contributed by atoms with van der Waals surface area (Å²) in [5.74, 6) is -4.90. The van der Waals surface area contributed by atoms with E-state index in [1.807, 2.05) is 0 Å². The number of carbonyl (C=O) groups excluding carboxylic acids is 4. The van der Waals surface area contributed by atoms with Gasteiger partial charge in [-0.25, -0.2) is 0 Å². The van der Waals surface area contributed by atoms with Crippen LogP contribution in [0.4, 0.5) is 0 Å². The summed E-state index contributed by atoms with van der Waals surface area (Å²) in [5.41, 5.74) is 10.4. The van der Waals surface area contributed by atoms with Gasteiger partial charge in [0.15, 0.2) is 0 Å². The number of carboxylic acid groups (broad SMARTS) is 1. The fraction of sp³-hybridized carbons (Fsp3) is 0.615. The number of aliphatic hydroxyl groups excluding tert-OH is 1. The SMILES string of the molecule is CC(NC(=O)C(CO)NC(=O)C(CS)NC(=O)C(N)CC(N)=O)C(=O)O. The van der Waals surface area contributed by atoms with E-state index in [9.17, 15) is 29.1 Å². The Kier molecular flexibility index (Phi) is 10.2. The molecule has 0 heterocycles. The minimum absolute atomic E-state index is 0.174. The summed E-state index contributed by atoms with van der Waals surface area (Å²) in [6.07, 6.45) is -0.429. The molecular weight excluding hydrogens is 370 g/mol. The molecule has 4 unspecified atom stereocenters. The number of aliphatic hydroxyl groups is 1. The first kappa shape index (κ1) is 23.6. The maximum absolute atomic E-state index is 12.1. The van der Waals surface area contributed by atoms with Gasteiger partial charge < -0.3 is 37.6 Å². The topological polar surface area (TPSA) is 214 Å². The molecule has 148 valence electrons. The van der Waals surface area contributed by atoms with Gasteiger partial charge in [0.1, 0.15) is 18.1 Å². The van der Waals surface area contributed by atoms with E-state index >= 15 is 0 Å². The van der Waals surface area contributed by atoms with Crippen molar-refractivity contribution in [3.05, 3.63) is 0 Å². The fourth-order valence-corrected chi connectivity index (χ4v) is 1.88. The molecule has 0 aliphatic heterocycles. The molecule has 0 aliphatic carbocycles. The Morgan fingerprint density at radius 3 is 1.92 bits per heavy atom. The van der Waals surface area contributed by atoms with Crippen LogP contribution in [0.25, 0.3) is 0 Å². The van der Waals surface area contributed by atoms with Gasteiger partial charge in [-0.2, -0.15) is 12.6 Å². The van der Waals surface area contributed by atoms with Crippen molar-refractivity contribution >= 4 is 42.2 Å². The van der Waals surface area contributed by atoms with E-state index < -0.39 is 66.8 Å². The number of carbonyl (C=O) groups is 5. The normalized spacial score (nSPS) is 15.1. The van der Waals surface area contributed by atoms with Crippen LogP contribution in [-0.4, -0.2) is 76.3 Å². The van der Waals surface area contributed by atoms with Gasteiger partial charge in [-0.3, -0.25) is 24.0 Å². The lowest BCUT2D eigenvalue weighted by Crippen LogP contribution is -2.58. The molecule has 9 N–H and O–H groups in total. The zero-order valence-electron chi connectivity index (χ0n) is 14.0. The Labute approximate surface area is 154 Å². The lowest BCUT2D eigenvalue weighted by atomic mass is 10.1. The maximum atomic E-state index is 12.1. The van der Waals surface area contributed by atoms with Crippen LogP contribution in [0, 0.1) is 0 Å². The summed E-state index contributed by atoms with van der Waals surface area (Å²) in [6, 6.07) is -5.16. The van der Waals surface area contributed by atoms with Crippen LogP contribution >= 0.6 is 12.6 Å². The van der Waals surface area contributed by atoms with Gasteiger partial charge >= 0.3 is 5.97 Å². The van der Waals surface area contributed by atoms with Crippen LogP contribution in [0.2, 0.25) is 0 Å². The summed E-state index contributed by atoms with van der Waals surface area (Å²) in [4.78, 5) is 57.3. The standard InChI is InChI=1S/C13H23N5O7S/c1-5(13(24)25)16-11(22)7(3-19)17-12(23)8(4-26)18-10(21)6(14)2-9(15)20/h5-8,19,26H,2-4,14H2,1H3,(H2,15,20)(H,16,22)(H,17,23)(H,18,21)(H,24,25). The van der Waals surface area contributed by atoms with Crippen molar-refractivity contribution in [2.45, 2.75) is 37.5 Å². The highest BCUT2D eigenvalue weighted by Gasteiger charge is 2.28. The van der Waals surface area contributed by atoms with Crippen LogP contribution in [-0.2, 0) is 24.0 Å². The molecule has 0 spiro atoms. The van der Waals surface area contributed by atoms with Gasteiger partial charge in [-0.15, -0.1) is 0 Å². The molecule has 0 aromatic carbocycles. The molecular formula is C13H23N5O7S. The number of hydrogen-bond acceptors (Lipinski definition) is 8. The fourth-order valence-electron chi connectivity index (χ4n) is 1.62. The molecule has 0 bridgehead atoms. The summed E-state index contributed by atoms with van der Waals surface area (Å²) in [6.45, 7) is 0.395. The number of primary amides is 1. The highest BCUT2D eigenvalue weighted by molar-refractivity contribution is 7.80. The van der Waals surface area contributed by atoms with Crippen LogP contribution in [0.15, 0.2) is 0 Å². The molecule has 0 saturated heterocycles. The molecule has 4 atom stereocenters. The second kappa shape index (κ2) is 11.3. The predicted molar refractivity (Wildman–Crippen MR) is 91.8 cm³/mol. The first-order valence-corrected chi connectivity index (χ1v) is 8.06. The molecule has 13 heteroatoms. The molecule has 0 radical (unpaired) electrons. The van der Waals surface area contributed by atoms with Crippen molar-refractivity contribution in [1.29, 1.82) is 0 Å². The highest BCUT2D eigenvalue weighted by Crippen LogP contribution is 1.96. The minimum Gasteiger partial charge on any atom is -0.480 e. The van der Waals surface area contributed by atoms with Crippen LogP contribution < -0.4 is 27.4 Å². The molecule has 0 fully saturated rings. The summed E-state index contributed by atoms with van der Waals surface area (Å²) in [5, 5.41) is 24.4. The zero-order valence-corrected chi connectivity index (χ0v) is 14.9. The Balaban J connectivity index is 4.84. The van der Waals surface area contributed by atoms with Gasteiger partial charge in [-0.05, 0) is 6.92 Å². The average molecular weight is 393 g/mol. The van der Waals surface area contributed by atoms with Crippen LogP contribution in [0.5, 0.6) is 0 Å². The Morgan fingerprint density at radius 2 is 1.50 bits per heavy atom. The molecule has 0 saturated carbocycles. The first-order chi connectivity index (χ1) is 12.0. The van der Waals surface area contributed by atoms with Crippen molar-refractivity contribution in [1.82, 2.24) is 16.0 Å². The second-order valence-electron chi connectivity index (χ2n) is 5.33. The largest absolute Gasteiger partial charge is 0.480 e. The Hall–Kier alpha value is -2.38. The maximum Gasteiger partial charge on any atom is 0.325 e. The van der Waals surface area contributed by atoms with E-state index in [0.717, 1.165) is 0 Å². The lowest BCUT2D eigenvalue weighted by Gasteiger charge is -2.22. The van der Waals surface area contributed by atoms with Gasteiger partial charge in [0, 0.05) is 5.75 Å². The third-order valence-electron chi connectivity index (χ3n) is 3.12. The number of nitrogens with two attached hydrogens (primary N) is 2. The van der Waals surface area contributed by atoms with Gasteiger partial charge in [0.25, 0.3) is 0 Å². The number of nitrogens with one attached hydrogen (secondary N) is 3. The number of carboxylic acids is 1. The van der Waals surface area contributed by atoms with Gasteiger partial charge in [0.2, 0.25) is 23.6 Å². The van der Waals surface area contributed by atoms with Crippen LogP contribution in [0.1, 0.15) is 13.3 Å². The van der Waals surface area contributed by atoms with Crippen molar-refractivity contribution in [3.8, 4) is 0 Å². The number of thiol groups is 1. The summed E-state index contributed by atoms with van der Waals surface area (Å²) < 4.78 is 0. The summed E-state index contributed by atoms with van der Waals surface area (Å²) in [7, 11) is 0. The number of hydrogen-bond donors (Lipinski definition) is 8. The third kappa shape index (κ3) is 8.13. The van der Waals surface area contributed by atoms with E-state index in [2.05, 4.69) is 28.6 Å². The van der Waals surface area contributed by atoms with E-state index in [1.165, 1.54) is 6.92 Å². The zero-order chi connectivity index (χ0) is 20.4. The average Bonchev–Trinajstić information content (AvgIpc) is 2.55. The predicted octanol–water partition coefficient (Wildman–Crippen LogP) is -4.33. The van der Waals surface area contributed by atoms with Gasteiger partial charge in [0.05, 0.1) is 19.1 Å². The molecule has 0 aliphatic rings. The number of amides is 4. The monoisotopic (exact) mass is 393 g/mol. The molecule has 0 aromatic heterocycles. The second-order valence-corrected chi connectivity index (χ2v) is 5.70. The molecule has 12 nitrogen and oxygen atoms in total.